The smallest absolute Gasteiger partial charge is 0.139 e. The Hall–Kier alpha value is -1.97. The summed E-state index contributed by atoms with van der Waals surface area (Å²) in [6.45, 7) is 8.17. The molecule has 2 aromatic heterocycles. The zero-order chi connectivity index (χ0) is 14.7. The second-order valence-corrected chi connectivity index (χ2v) is 5.37. The molecule has 0 spiro atoms. The highest BCUT2D eigenvalue weighted by atomic mass is 16.1. The standard InChI is InChI=1S/C16H21N3O/c1-11(19-14(4)12(2)13(3)18-19)8-16(20)9-15-6-5-7-17-10-15/h5-7,10-11H,8-9H2,1-4H3/t11-/m1/s1. The van der Waals surface area contributed by atoms with Crippen LogP contribution >= 0.6 is 0 Å². The van der Waals surface area contributed by atoms with Crippen LogP contribution in [-0.2, 0) is 11.2 Å². The molecule has 0 bridgehead atoms. The maximum absolute atomic E-state index is 12.1. The zero-order valence-corrected chi connectivity index (χ0v) is 12.6. The summed E-state index contributed by atoms with van der Waals surface area (Å²) in [5.74, 6) is 0.218. The van der Waals surface area contributed by atoms with Crippen LogP contribution in [0.15, 0.2) is 24.5 Å². The van der Waals surface area contributed by atoms with Crippen LogP contribution in [0.2, 0.25) is 0 Å². The van der Waals surface area contributed by atoms with Gasteiger partial charge in [0.05, 0.1) is 11.7 Å². The number of hydrogen-bond donors (Lipinski definition) is 0. The number of carbonyl (C=O) groups is 1. The van der Waals surface area contributed by atoms with Gasteiger partial charge in [-0.2, -0.15) is 5.10 Å². The number of pyridine rings is 1. The number of Topliss-reactive ketones (excluding diaryl/α,β-unsaturated/α-hetero) is 1. The summed E-state index contributed by atoms with van der Waals surface area (Å²) < 4.78 is 1.96. The minimum atomic E-state index is 0.0894. The molecule has 20 heavy (non-hydrogen) atoms. The van der Waals surface area contributed by atoms with E-state index in [4.69, 9.17) is 0 Å². The number of hydrogen-bond acceptors (Lipinski definition) is 3. The average molecular weight is 271 g/mol. The molecule has 0 N–H and O–H groups in total. The first-order chi connectivity index (χ1) is 9.49. The average Bonchev–Trinajstić information content (AvgIpc) is 2.67. The predicted octanol–water partition coefficient (Wildman–Crippen LogP) is 2.97. The van der Waals surface area contributed by atoms with Gasteiger partial charge < -0.3 is 0 Å². The van der Waals surface area contributed by atoms with Crippen molar-refractivity contribution in [2.75, 3.05) is 0 Å². The summed E-state index contributed by atoms with van der Waals surface area (Å²) in [4.78, 5) is 16.2. The number of ketones is 1. The molecule has 2 aromatic rings. The van der Waals surface area contributed by atoms with E-state index in [1.165, 1.54) is 5.56 Å². The van der Waals surface area contributed by atoms with Gasteiger partial charge in [-0.1, -0.05) is 6.07 Å². The largest absolute Gasteiger partial charge is 0.299 e. The van der Waals surface area contributed by atoms with Crippen molar-refractivity contribution in [2.24, 2.45) is 0 Å². The first kappa shape index (κ1) is 14.4. The van der Waals surface area contributed by atoms with Crippen LogP contribution < -0.4 is 0 Å². The number of aryl methyl sites for hydroxylation is 1. The summed E-state index contributed by atoms with van der Waals surface area (Å²) in [5, 5.41) is 4.52. The van der Waals surface area contributed by atoms with Crippen LogP contribution in [0.5, 0.6) is 0 Å². The van der Waals surface area contributed by atoms with E-state index in [2.05, 4.69) is 23.9 Å². The van der Waals surface area contributed by atoms with Gasteiger partial charge in [-0.25, -0.2) is 0 Å². The van der Waals surface area contributed by atoms with Gasteiger partial charge in [0.2, 0.25) is 0 Å². The monoisotopic (exact) mass is 271 g/mol. The Balaban J connectivity index is 2.02. The molecule has 0 aliphatic carbocycles. The van der Waals surface area contributed by atoms with Crippen LogP contribution in [0, 0.1) is 20.8 Å². The van der Waals surface area contributed by atoms with E-state index in [0.29, 0.717) is 12.8 Å². The summed E-state index contributed by atoms with van der Waals surface area (Å²) in [7, 11) is 0. The summed E-state index contributed by atoms with van der Waals surface area (Å²) >= 11 is 0. The third-order valence-corrected chi connectivity index (χ3v) is 3.75. The number of aromatic nitrogens is 3. The quantitative estimate of drug-likeness (QED) is 0.840. The van der Waals surface area contributed by atoms with Gasteiger partial charge in [0.25, 0.3) is 0 Å². The molecule has 106 valence electrons. The maximum atomic E-state index is 12.1. The van der Waals surface area contributed by atoms with E-state index in [9.17, 15) is 4.79 Å². The van der Waals surface area contributed by atoms with E-state index in [0.717, 1.165) is 17.0 Å². The Kier molecular flexibility index (Phi) is 4.32. The van der Waals surface area contributed by atoms with Gasteiger partial charge in [-0.15, -0.1) is 0 Å². The van der Waals surface area contributed by atoms with Crippen LogP contribution in [-0.4, -0.2) is 20.5 Å². The Labute approximate surface area is 119 Å². The van der Waals surface area contributed by atoms with Crippen LogP contribution in [0.1, 0.15) is 41.9 Å². The molecule has 0 amide bonds. The zero-order valence-electron chi connectivity index (χ0n) is 12.6. The highest BCUT2D eigenvalue weighted by Gasteiger charge is 2.16. The molecular weight excluding hydrogens is 250 g/mol. The molecule has 0 aromatic carbocycles. The van der Waals surface area contributed by atoms with Crippen molar-refractivity contribution in [1.29, 1.82) is 0 Å². The Bertz CT molecular complexity index is 602. The fraction of sp³-hybridized carbons (Fsp3) is 0.438. The minimum absolute atomic E-state index is 0.0894. The molecule has 0 saturated carbocycles. The van der Waals surface area contributed by atoms with Gasteiger partial charge in [0.1, 0.15) is 5.78 Å². The van der Waals surface area contributed by atoms with Crippen molar-refractivity contribution >= 4 is 5.78 Å². The van der Waals surface area contributed by atoms with E-state index >= 15 is 0 Å². The van der Waals surface area contributed by atoms with Crippen molar-refractivity contribution in [3.8, 4) is 0 Å². The fourth-order valence-corrected chi connectivity index (χ4v) is 2.39. The highest BCUT2D eigenvalue weighted by molar-refractivity contribution is 5.81. The molecule has 0 aliphatic rings. The van der Waals surface area contributed by atoms with Crippen LogP contribution in [0.25, 0.3) is 0 Å². The Morgan fingerprint density at radius 3 is 2.65 bits per heavy atom. The highest BCUT2D eigenvalue weighted by Crippen LogP contribution is 2.19. The number of nitrogens with zero attached hydrogens (tertiary/aromatic N) is 3. The van der Waals surface area contributed by atoms with E-state index < -0.39 is 0 Å². The van der Waals surface area contributed by atoms with Gasteiger partial charge >= 0.3 is 0 Å². The molecule has 0 fully saturated rings. The van der Waals surface area contributed by atoms with Crippen molar-refractivity contribution in [1.82, 2.24) is 14.8 Å². The normalized spacial score (nSPS) is 12.4. The minimum Gasteiger partial charge on any atom is -0.299 e. The lowest BCUT2D eigenvalue weighted by molar-refractivity contribution is -0.119. The lowest BCUT2D eigenvalue weighted by Crippen LogP contribution is -2.15. The van der Waals surface area contributed by atoms with E-state index in [-0.39, 0.29) is 11.8 Å². The number of rotatable bonds is 5. The molecule has 2 heterocycles. The van der Waals surface area contributed by atoms with Gasteiger partial charge in [-0.3, -0.25) is 14.5 Å². The first-order valence-corrected chi connectivity index (χ1v) is 6.92. The van der Waals surface area contributed by atoms with Crippen molar-refractivity contribution in [3.63, 3.8) is 0 Å². The van der Waals surface area contributed by atoms with E-state index in [1.807, 2.05) is 30.7 Å². The Morgan fingerprint density at radius 1 is 1.35 bits per heavy atom. The molecule has 1 atom stereocenters. The lowest BCUT2D eigenvalue weighted by atomic mass is 10.1. The van der Waals surface area contributed by atoms with Gasteiger partial charge in [-0.05, 0) is 44.9 Å². The molecule has 4 nitrogen and oxygen atoms in total. The molecule has 4 heteroatoms. The summed E-state index contributed by atoms with van der Waals surface area (Å²) in [6, 6.07) is 3.88. The molecule has 0 radical (unpaired) electrons. The van der Waals surface area contributed by atoms with Crippen molar-refractivity contribution in [3.05, 3.63) is 47.0 Å². The SMILES string of the molecule is Cc1nn([C@H](C)CC(=O)Cc2cccnc2)c(C)c1C. The molecule has 0 unspecified atom stereocenters. The fourth-order valence-electron chi connectivity index (χ4n) is 2.39. The molecule has 2 rings (SSSR count). The molecular formula is C16H21N3O. The predicted molar refractivity (Wildman–Crippen MR) is 78.7 cm³/mol. The molecule has 0 saturated heterocycles. The van der Waals surface area contributed by atoms with Crippen LogP contribution in [0.3, 0.4) is 0 Å². The second kappa shape index (κ2) is 5.99. The van der Waals surface area contributed by atoms with Crippen LogP contribution in [0.4, 0.5) is 0 Å². The summed E-state index contributed by atoms with van der Waals surface area (Å²) in [5.41, 5.74) is 4.35. The lowest BCUT2D eigenvalue weighted by Gasteiger charge is -2.13. The molecule has 0 aliphatic heterocycles. The first-order valence-electron chi connectivity index (χ1n) is 6.92. The van der Waals surface area contributed by atoms with Gasteiger partial charge in [0.15, 0.2) is 0 Å². The van der Waals surface area contributed by atoms with Crippen molar-refractivity contribution < 1.29 is 4.79 Å². The van der Waals surface area contributed by atoms with E-state index in [1.54, 1.807) is 12.4 Å². The summed E-state index contributed by atoms with van der Waals surface area (Å²) in [6.07, 6.45) is 4.40. The van der Waals surface area contributed by atoms with Gasteiger partial charge in [0, 0.05) is 30.9 Å². The third-order valence-electron chi connectivity index (χ3n) is 3.75. The Morgan fingerprint density at radius 2 is 2.10 bits per heavy atom. The topological polar surface area (TPSA) is 47.8 Å². The maximum Gasteiger partial charge on any atom is 0.139 e. The third kappa shape index (κ3) is 3.13. The van der Waals surface area contributed by atoms with Crippen molar-refractivity contribution in [2.45, 2.75) is 46.6 Å². The number of carbonyl (C=O) groups excluding carboxylic acids is 1. The second-order valence-electron chi connectivity index (χ2n) is 5.37.